The zero-order valence-corrected chi connectivity index (χ0v) is 15.1. The van der Waals surface area contributed by atoms with E-state index in [0.29, 0.717) is 23.8 Å². The van der Waals surface area contributed by atoms with Crippen LogP contribution < -0.4 is 10.1 Å². The summed E-state index contributed by atoms with van der Waals surface area (Å²) in [4.78, 5) is 24.3. The molecule has 0 saturated heterocycles. The third-order valence-electron chi connectivity index (χ3n) is 3.49. The fourth-order valence-corrected chi connectivity index (χ4v) is 2.25. The molecular weight excluding hydrogens is 336 g/mol. The molecule has 1 N–H and O–H groups in total. The van der Waals surface area contributed by atoms with E-state index in [0.717, 1.165) is 0 Å². The van der Waals surface area contributed by atoms with Crippen LogP contribution in [0.4, 0.5) is 5.88 Å². The van der Waals surface area contributed by atoms with Crippen molar-refractivity contribution in [1.29, 1.82) is 5.26 Å². The lowest BCUT2D eigenvalue weighted by Gasteiger charge is -2.09. The molecule has 0 atom stereocenters. The molecule has 7 nitrogen and oxygen atoms in total. The van der Waals surface area contributed by atoms with Gasteiger partial charge < -0.3 is 13.9 Å². The molecule has 0 unspecified atom stereocenters. The number of nitrogens with zero attached hydrogens (tertiary/aromatic N) is 1. The summed E-state index contributed by atoms with van der Waals surface area (Å²) < 4.78 is 15.6. The standard InChI is InChI=1S/C19H20N2O5/c1-11(2)10-25-14-7-5-6-13(8-14)17(22)21-18-15(9-20)16(12(3)26-18)19(23)24-4/h5-8,11H,10H2,1-4H3,(H,21,22). The number of benzene rings is 1. The molecule has 0 spiro atoms. The predicted octanol–water partition coefficient (Wildman–Crippen LogP) is 3.53. The first-order valence-corrected chi connectivity index (χ1v) is 8.03. The minimum atomic E-state index is -0.701. The van der Waals surface area contributed by atoms with E-state index in [1.807, 2.05) is 19.9 Å². The zero-order chi connectivity index (χ0) is 19.3. The zero-order valence-electron chi connectivity index (χ0n) is 15.1. The first kappa shape index (κ1) is 19.1. The maximum atomic E-state index is 12.5. The van der Waals surface area contributed by atoms with Gasteiger partial charge in [-0.2, -0.15) is 5.26 Å². The first-order chi connectivity index (χ1) is 12.4. The third kappa shape index (κ3) is 4.22. The van der Waals surface area contributed by atoms with Crippen LogP contribution in [0, 0.1) is 24.2 Å². The van der Waals surface area contributed by atoms with Crippen molar-refractivity contribution >= 4 is 17.8 Å². The van der Waals surface area contributed by atoms with Gasteiger partial charge in [0.25, 0.3) is 5.91 Å². The number of amides is 1. The molecule has 1 aromatic heterocycles. The number of furan rings is 1. The Morgan fingerprint density at radius 1 is 1.35 bits per heavy atom. The minimum Gasteiger partial charge on any atom is -0.493 e. The second-order valence-corrected chi connectivity index (χ2v) is 6.03. The van der Waals surface area contributed by atoms with E-state index in [4.69, 9.17) is 9.15 Å². The molecule has 0 bridgehead atoms. The Morgan fingerprint density at radius 2 is 2.08 bits per heavy atom. The Balaban J connectivity index is 2.24. The molecule has 7 heteroatoms. The lowest BCUT2D eigenvalue weighted by atomic mass is 10.1. The van der Waals surface area contributed by atoms with Crippen molar-refractivity contribution in [3.8, 4) is 11.8 Å². The Morgan fingerprint density at radius 3 is 2.69 bits per heavy atom. The number of carbonyl (C=O) groups is 2. The number of esters is 1. The number of hydrogen-bond donors (Lipinski definition) is 1. The summed E-state index contributed by atoms with van der Waals surface area (Å²) in [6.07, 6.45) is 0. The maximum Gasteiger partial charge on any atom is 0.342 e. The van der Waals surface area contributed by atoms with E-state index in [1.165, 1.54) is 14.0 Å². The number of ether oxygens (including phenoxy) is 2. The monoisotopic (exact) mass is 356 g/mol. The van der Waals surface area contributed by atoms with Crippen LogP contribution in [-0.4, -0.2) is 25.6 Å². The van der Waals surface area contributed by atoms with Crippen LogP contribution in [-0.2, 0) is 4.74 Å². The van der Waals surface area contributed by atoms with Gasteiger partial charge in [0.2, 0.25) is 5.88 Å². The van der Waals surface area contributed by atoms with Crippen molar-refractivity contribution in [2.75, 3.05) is 19.0 Å². The number of carbonyl (C=O) groups excluding carboxylic acids is 2. The maximum absolute atomic E-state index is 12.5. The Kier molecular flexibility index (Phi) is 6.02. The van der Waals surface area contributed by atoms with Gasteiger partial charge in [-0.1, -0.05) is 19.9 Å². The molecule has 0 fully saturated rings. The van der Waals surface area contributed by atoms with Crippen molar-refractivity contribution < 1.29 is 23.5 Å². The summed E-state index contributed by atoms with van der Waals surface area (Å²) in [7, 11) is 1.21. The molecule has 0 aliphatic carbocycles. The number of aryl methyl sites for hydroxylation is 1. The fraction of sp³-hybridized carbons (Fsp3) is 0.316. The van der Waals surface area contributed by atoms with Gasteiger partial charge in [0.15, 0.2) is 0 Å². The van der Waals surface area contributed by atoms with Gasteiger partial charge in [0, 0.05) is 5.56 Å². The molecule has 1 heterocycles. The summed E-state index contributed by atoms with van der Waals surface area (Å²) in [6, 6.07) is 8.53. The van der Waals surface area contributed by atoms with Gasteiger partial charge in [-0.15, -0.1) is 0 Å². The number of rotatable bonds is 6. The minimum absolute atomic E-state index is 0.000632. The van der Waals surface area contributed by atoms with Gasteiger partial charge in [0.05, 0.1) is 13.7 Å². The molecule has 0 radical (unpaired) electrons. The van der Waals surface area contributed by atoms with Gasteiger partial charge in [-0.3, -0.25) is 10.1 Å². The van der Waals surface area contributed by atoms with Crippen LogP contribution in [0.5, 0.6) is 5.75 Å². The third-order valence-corrected chi connectivity index (χ3v) is 3.49. The second kappa shape index (κ2) is 8.21. The van der Waals surface area contributed by atoms with Crippen LogP contribution in [0.25, 0.3) is 0 Å². The number of methoxy groups -OCH3 is 1. The first-order valence-electron chi connectivity index (χ1n) is 8.03. The number of hydrogen-bond acceptors (Lipinski definition) is 6. The molecular formula is C19H20N2O5. The highest BCUT2D eigenvalue weighted by Crippen LogP contribution is 2.27. The average molecular weight is 356 g/mol. The van der Waals surface area contributed by atoms with E-state index in [1.54, 1.807) is 24.3 Å². The number of nitrogens with one attached hydrogen (secondary N) is 1. The molecule has 2 rings (SSSR count). The Labute approximate surface area is 151 Å². The summed E-state index contributed by atoms with van der Waals surface area (Å²) in [5, 5.41) is 11.8. The average Bonchev–Trinajstić information content (AvgIpc) is 2.94. The molecule has 136 valence electrons. The molecule has 0 aliphatic heterocycles. The van der Waals surface area contributed by atoms with E-state index in [2.05, 4.69) is 10.1 Å². The van der Waals surface area contributed by atoms with Crippen LogP contribution in [0.2, 0.25) is 0 Å². The smallest absolute Gasteiger partial charge is 0.342 e. The summed E-state index contributed by atoms with van der Waals surface area (Å²) in [5.74, 6) is -0.165. The Bertz CT molecular complexity index is 861. The highest BCUT2D eigenvalue weighted by molar-refractivity contribution is 6.05. The Hall–Kier alpha value is -3.27. The molecule has 0 saturated carbocycles. The van der Waals surface area contributed by atoms with Crippen molar-refractivity contribution in [3.05, 3.63) is 46.7 Å². The molecule has 0 aliphatic rings. The highest BCUT2D eigenvalue weighted by Gasteiger charge is 2.25. The molecule has 1 aromatic carbocycles. The van der Waals surface area contributed by atoms with Crippen molar-refractivity contribution in [3.63, 3.8) is 0 Å². The SMILES string of the molecule is COC(=O)c1c(C)oc(NC(=O)c2cccc(OCC(C)C)c2)c1C#N. The van der Waals surface area contributed by atoms with Crippen LogP contribution in [0.3, 0.4) is 0 Å². The quantitative estimate of drug-likeness (QED) is 0.795. The summed E-state index contributed by atoms with van der Waals surface area (Å²) in [6.45, 7) is 6.10. The summed E-state index contributed by atoms with van der Waals surface area (Å²) >= 11 is 0. The van der Waals surface area contributed by atoms with Gasteiger partial charge in [-0.05, 0) is 31.0 Å². The predicted molar refractivity (Wildman–Crippen MR) is 94.2 cm³/mol. The number of anilines is 1. The van der Waals surface area contributed by atoms with E-state index in [9.17, 15) is 14.9 Å². The largest absolute Gasteiger partial charge is 0.493 e. The van der Waals surface area contributed by atoms with Gasteiger partial charge in [0.1, 0.15) is 28.7 Å². The van der Waals surface area contributed by atoms with Crippen molar-refractivity contribution in [2.24, 2.45) is 5.92 Å². The van der Waals surface area contributed by atoms with Crippen molar-refractivity contribution in [2.45, 2.75) is 20.8 Å². The van der Waals surface area contributed by atoms with E-state index in [-0.39, 0.29) is 22.8 Å². The lowest BCUT2D eigenvalue weighted by molar-refractivity contribution is 0.0598. The molecule has 26 heavy (non-hydrogen) atoms. The molecule has 1 amide bonds. The second-order valence-electron chi connectivity index (χ2n) is 6.03. The van der Waals surface area contributed by atoms with Gasteiger partial charge in [-0.25, -0.2) is 4.79 Å². The topological polar surface area (TPSA) is 102 Å². The van der Waals surface area contributed by atoms with E-state index < -0.39 is 11.9 Å². The van der Waals surface area contributed by atoms with Crippen LogP contribution >= 0.6 is 0 Å². The lowest BCUT2D eigenvalue weighted by Crippen LogP contribution is -2.13. The highest BCUT2D eigenvalue weighted by atomic mass is 16.5. The van der Waals surface area contributed by atoms with E-state index >= 15 is 0 Å². The summed E-state index contributed by atoms with van der Waals surface area (Å²) in [5.41, 5.74) is 0.262. The molecule has 2 aromatic rings. The normalized spacial score (nSPS) is 10.3. The van der Waals surface area contributed by atoms with Gasteiger partial charge >= 0.3 is 5.97 Å². The van der Waals surface area contributed by atoms with Crippen LogP contribution in [0.1, 0.15) is 45.9 Å². The van der Waals surface area contributed by atoms with Crippen LogP contribution in [0.15, 0.2) is 28.7 Å². The van der Waals surface area contributed by atoms with Crippen molar-refractivity contribution in [1.82, 2.24) is 0 Å². The number of nitriles is 1. The fourth-order valence-electron chi connectivity index (χ4n) is 2.25.